The number of fused-ring (bicyclic) bond motifs is 2. The van der Waals surface area contributed by atoms with E-state index in [1.807, 2.05) is 66.7 Å². The Hall–Kier alpha value is -5.29. The molecule has 6 rings (SSSR count). The number of hydrogen-bond acceptors (Lipinski definition) is 7. The van der Waals surface area contributed by atoms with E-state index >= 15 is 0 Å². The predicted octanol–water partition coefficient (Wildman–Crippen LogP) is 3.32. The molecule has 0 saturated carbocycles. The summed E-state index contributed by atoms with van der Waals surface area (Å²) in [7, 11) is 3.22. The van der Waals surface area contributed by atoms with Crippen molar-refractivity contribution in [1.82, 2.24) is 25.1 Å². The van der Waals surface area contributed by atoms with E-state index in [-0.39, 0.29) is 48.8 Å². The number of nitrogens with two attached hydrogens (primary N) is 1. The molecule has 4 aromatic carbocycles. The number of carbonyl (C=O) groups is 3. The fourth-order valence-electron chi connectivity index (χ4n) is 6.19. The van der Waals surface area contributed by atoms with Gasteiger partial charge in [-0.2, -0.15) is 5.01 Å². The highest BCUT2D eigenvalue weighted by molar-refractivity contribution is 5.92. The minimum absolute atomic E-state index is 0.0464. The minimum atomic E-state index is -0.823. The molecule has 11 nitrogen and oxygen atoms in total. The number of nitrogens with zero attached hydrogens (tertiary/aromatic N) is 4. The summed E-state index contributed by atoms with van der Waals surface area (Å²) in [6, 6.07) is 25.1. The molecule has 4 amide bonds. The number of methoxy groups -OCH3 is 1. The van der Waals surface area contributed by atoms with E-state index in [9.17, 15) is 19.5 Å². The van der Waals surface area contributed by atoms with Crippen LogP contribution >= 0.6 is 0 Å². The number of anilines is 1. The summed E-state index contributed by atoms with van der Waals surface area (Å²) < 4.78 is 5.21. The smallest absolute Gasteiger partial charge is 0.332 e. The van der Waals surface area contributed by atoms with Crippen molar-refractivity contribution in [1.29, 1.82) is 0 Å². The average molecular weight is 609 g/mol. The third kappa shape index (κ3) is 5.94. The van der Waals surface area contributed by atoms with Gasteiger partial charge in [0.05, 0.1) is 25.9 Å². The lowest BCUT2D eigenvalue weighted by atomic mass is 9.98. The standard InChI is InChI=1S/C34H36N6O5/c1-37(34(44)36-18-22-10-13-26(45-2)14-11-22)39-21-32(42)40-29(17-23-12-15-30(41)28(35)16-23)33(43)38(20-31(39)40)19-25-8-5-7-24-6-3-4-9-27(24)25/h3-16,29,31,41H,17-21,35H2,1-2H3,(H,36,44)/t29-,31+/m0/s1. The highest BCUT2D eigenvalue weighted by Gasteiger charge is 2.51. The van der Waals surface area contributed by atoms with Gasteiger partial charge >= 0.3 is 6.03 Å². The quantitative estimate of drug-likeness (QED) is 0.207. The molecule has 0 spiro atoms. The van der Waals surface area contributed by atoms with E-state index in [4.69, 9.17) is 10.5 Å². The van der Waals surface area contributed by atoms with Crippen molar-refractivity contribution in [3.63, 3.8) is 0 Å². The molecule has 0 unspecified atom stereocenters. The van der Waals surface area contributed by atoms with Crippen LogP contribution in [0.25, 0.3) is 10.8 Å². The van der Waals surface area contributed by atoms with Crippen molar-refractivity contribution in [3.8, 4) is 11.5 Å². The summed E-state index contributed by atoms with van der Waals surface area (Å²) in [4.78, 5) is 44.4. The van der Waals surface area contributed by atoms with Gasteiger partial charge in [0, 0.05) is 26.6 Å². The lowest BCUT2D eigenvalue weighted by Crippen LogP contribution is -2.65. The van der Waals surface area contributed by atoms with Crippen LogP contribution in [-0.2, 0) is 29.1 Å². The highest BCUT2D eigenvalue weighted by Crippen LogP contribution is 2.32. The molecule has 2 fully saturated rings. The molecule has 0 aliphatic carbocycles. The predicted molar refractivity (Wildman–Crippen MR) is 170 cm³/mol. The van der Waals surface area contributed by atoms with E-state index in [2.05, 4.69) is 5.32 Å². The topological polar surface area (TPSA) is 132 Å². The molecule has 232 valence electrons. The van der Waals surface area contributed by atoms with Crippen LogP contribution in [0.15, 0.2) is 84.9 Å². The molecule has 2 saturated heterocycles. The number of carbonyl (C=O) groups excluding carboxylic acids is 3. The maximum absolute atomic E-state index is 14.2. The van der Waals surface area contributed by atoms with Crippen molar-refractivity contribution in [2.75, 3.05) is 33.0 Å². The van der Waals surface area contributed by atoms with Crippen LogP contribution in [0.3, 0.4) is 0 Å². The molecule has 2 aliphatic rings. The van der Waals surface area contributed by atoms with Crippen molar-refractivity contribution in [2.24, 2.45) is 0 Å². The zero-order chi connectivity index (χ0) is 31.7. The van der Waals surface area contributed by atoms with Gasteiger partial charge in [0.1, 0.15) is 23.7 Å². The number of nitrogens with one attached hydrogen (secondary N) is 1. The van der Waals surface area contributed by atoms with Crippen LogP contribution in [0.5, 0.6) is 11.5 Å². The SMILES string of the molecule is COc1ccc(CNC(=O)N(C)N2CC(=O)N3[C@@H](Cc4ccc(O)c(N)c4)C(=O)N(Cc4cccc5ccccc45)C[C@@H]32)cc1. The number of urea groups is 1. The van der Waals surface area contributed by atoms with Crippen LogP contribution in [0, 0.1) is 0 Å². The number of nitrogen functional groups attached to an aromatic ring is 1. The van der Waals surface area contributed by atoms with Crippen molar-refractivity contribution in [3.05, 3.63) is 102 Å². The summed E-state index contributed by atoms with van der Waals surface area (Å²) in [6.07, 6.45) is -0.361. The number of phenolic OH excluding ortho intramolecular Hbond substituents is 1. The van der Waals surface area contributed by atoms with Crippen molar-refractivity contribution >= 4 is 34.3 Å². The number of benzene rings is 4. The van der Waals surface area contributed by atoms with Gasteiger partial charge in [0.2, 0.25) is 11.8 Å². The highest BCUT2D eigenvalue weighted by atomic mass is 16.5. The Bertz CT molecular complexity index is 1740. The van der Waals surface area contributed by atoms with Gasteiger partial charge in [-0.15, -0.1) is 0 Å². The second kappa shape index (κ2) is 12.4. The van der Waals surface area contributed by atoms with E-state index in [1.165, 1.54) is 11.1 Å². The lowest BCUT2D eigenvalue weighted by Gasteiger charge is -2.46. The summed E-state index contributed by atoms with van der Waals surface area (Å²) >= 11 is 0. The molecule has 11 heteroatoms. The van der Waals surface area contributed by atoms with Gasteiger partial charge in [-0.05, 0) is 51.7 Å². The Morgan fingerprint density at radius 2 is 1.76 bits per heavy atom. The minimum Gasteiger partial charge on any atom is -0.506 e. The second-order valence-corrected chi connectivity index (χ2v) is 11.4. The first kappa shape index (κ1) is 29.8. The Morgan fingerprint density at radius 3 is 2.51 bits per heavy atom. The Kier molecular flexibility index (Phi) is 8.18. The monoisotopic (exact) mass is 608 g/mol. The fourth-order valence-corrected chi connectivity index (χ4v) is 6.19. The van der Waals surface area contributed by atoms with Gasteiger partial charge in [-0.3, -0.25) is 14.6 Å². The first-order valence-corrected chi connectivity index (χ1v) is 14.8. The first-order valence-electron chi connectivity index (χ1n) is 14.8. The zero-order valence-corrected chi connectivity index (χ0v) is 25.2. The molecular formula is C34H36N6O5. The van der Waals surface area contributed by atoms with Crippen molar-refractivity contribution < 1.29 is 24.2 Å². The zero-order valence-electron chi connectivity index (χ0n) is 25.2. The van der Waals surface area contributed by atoms with E-state index in [0.717, 1.165) is 27.6 Å². The van der Waals surface area contributed by atoms with Gasteiger partial charge in [0.15, 0.2) is 0 Å². The second-order valence-electron chi connectivity index (χ2n) is 11.4. The molecule has 0 radical (unpaired) electrons. The summed E-state index contributed by atoms with van der Waals surface area (Å²) in [5.41, 5.74) is 8.76. The molecule has 2 heterocycles. The molecule has 4 aromatic rings. The molecule has 0 bridgehead atoms. The van der Waals surface area contributed by atoms with E-state index in [0.29, 0.717) is 18.7 Å². The van der Waals surface area contributed by atoms with Crippen LogP contribution in [0.1, 0.15) is 16.7 Å². The normalized spacial score (nSPS) is 18.3. The molecule has 0 aromatic heterocycles. The fraction of sp³-hybridized carbons (Fsp3) is 0.265. The summed E-state index contributed by atoms with van der Waals surface area (Å²) in [5, 5.41) is 18.1. The van der Waals surface area contributed by atoms with Crippen LogP contribution in [-0.4, -0.2) is 82.2 Å². The van der Waals surface area contributed by atoms with E-state index < -0.39 is 12.2 Å². The number of ether oxygens (including phenoxy) is 1. The van der Waals surface area contributed by atoms with Gasteiger partial charge < -0.3 is 30.7 Å². The van der Waals surface area contributed by atoms with Gasteiger partial charge in [-0.25, -0.2) is 4.79 Å². The molecular weight excluding hydrogens is 572 g/mol. The third-order valence-corrected chi connectivity index (χ3v) is 8.61. The molecule has 2 atom stereocenters. The summed E-state index contributed by atoms with van der Waals surface area (Å²) in [5.74, 6) is 0.245. The molecule has 2 aliphatic heterocycles. The first-order chi connectivity index (χ1) is 21.7. The average Bonchev–Trinajstić information content (AvgIpc) is 3.38. The number of hydrogen-bond donors (Lipinski definition) is 3. The van der Waals surface area contributed by atoms with E-state index in [1.54, 1.807) is 41.1 Å². The number of amides is 4. The van der Waals surface area contributed by atoms with Crippen LogP contribution in [0.4, 0.5) is 10.5 Å². The van der Waals surface area contributed by atoms with Crippen LogP contribution in [0.2, 0.25) is 0 Å². The lowest BCUT2D eigenvalue weighted by molar-refractivity contribution is -0.157. The van der Waals surface area contributed by atoms with Gasteiger partial charge in [0.25, 0.3) is 0 Å². The maximum atomic E-state index is 14.2. The Balaban J connectivity index is 1.27. The number of piperazine rings is 1. The number of rotatable bonds is 8. The Labute approximate surface area is 261 Å². The number of aromatic hydroxyl groups is 1. The van der Waals surface area contributed by atoms with Crippen LogP contribution < -0.4 is 15.8 Å². The van der Waals surface area contributed by atoms with Gasteiger partial charge in [-0.1, -0.05) is 60.7 Å². The number of hydrazine groups is 1. The molecule has 45 heavy (non-hydrogen) atoms. The summed E-state index contributed by atoms with van der Waals surface area (Å²) in [6.45, 7) is 0.799. The third-order valence-electron chi connectivity index (χ3n) is 8.61. The largest absolute Gasteiger partial charge is 0.506 e. The molecule has 4 N–H and O–H groups in total. The number of phenols is 1. The van der Waals surface area contributed by atoms with Crippen molar-refractivity contribution in [2.45, 2.75) is 31.7 Å². The maximum Gasteiger partial charge on any atom is 0.332 e. The Morgan fingerprint density at radius 1 is 1.02 bits per heavy atom.